The van der Waals surface area contributed by atoms with Crippen LogP contribution in [0.1, 0.15) is 16.2 Å². The number of aromatic amines is 1. The van der Waals surface area contributed by atoms with Gasteiger partial charge in [0.2, 0.25) is 0 Å². The normalized spacial score (nSPS) is 10.4. The summed E-state index contributed by atoms with van der Waals surface area (Å²) in [4.78, 5) is 16.1. The Kier molecular flexibility index (Phi) is 3.19. The van der Waals surface area contributed by atoms with E-state index in [1.165, 1.54) is 12.7 Å². The van der Waals surface area contributed by atoms with Gasteiger partial charge in [-0.15, -0.1) is 15.3 Å². The Hall–Kier alpha value is -3.03. The second-order valence-corrected chi connectivity index (χ2v) is 4.00. The first kappa shape index (κ1) is 12.0. The third-order valence-electron chi connectivity index (χ3n) is 2.62. The number of nitrogens with zero attached hydrogens (tertiary/aromatic N) is 5. The first-order chi connectivity index (χ1) is 9.83. The highest BCUT2D eigenvalue weighted by Crippen LogP contribution is 2.01. The van der Waals surface area contributed by atoms with E-state index in [0.717, 1.165) is 0 Å². The zero-order valence-electron chi connectivity index (χ0n) is 10.4. The van der Waals surface area contributed by atoms with Gasteiger partial charge in [-0.05, 0) is 12.1 Å². The number of hydrogen-bond donors (Lipinski definition) is 2. The molecular formula is C12H11N7O. The number of carbonyl (C=O) groups is 1. The van der Waals surface area contributed by atoms with E-state index in [9.17, 15) is 4.79 Å². The van der Waals surface area contributed by atoms with Crippen molar-refractivity contribution in [3.63, 3.8) is 0 Å². The average Bonchev–Trinajstić information content (AvgIpc) is 3.16. The molecule has 0 aliphatic heterocycles. The lowest BCUT2D eigenvalue weighted by Gasteiger charge is -2.02. The molecule has 3 aromatic rings. The van der Waals surface area contributed by atoms with Crippen LogP contribution in [0.2, 0.25) is 0 Å². The number of hydrogen-bond acceptors (Lipinski definition) is 5. The summed E-state index contributed by atoms with van der Waals surface area (Å²) in [6.45, 7) is 0.267. The molecule has 0 saturated carbocycles. The van der Waals surface area contributed by atoms with E-state index in [1.807, 2.05) is 18.2 Å². The highest BCUT2D eigenvalue weighted by atomic mass is 16.1. The third kappa shape index (κ3) is 2.53. The standard InChI is InChI=1S/C12H11N7O/c20-11(9-4-2-1-3-5-9)13-6-10-16-12(18-17-10)19-7-14-15-8-19/h1-5,7-8H,6H2,(H,13,20)(H,16,17,18). The van der Waals surface area contributed by atoms with Gasteiger partial charge in [0.15, 0.2) is 0 Å². The number of nitrogens with one attached hydrogen (secondary N) is 2. The molecule has 20 heavy (non-hydrogen) atoms. The first-order valence-electron chi connectivity index (χ1n) is 5.92. The van der Waals surface area contributed by atoms with Gasteiger partial charge in [0, 0.05) is 5.56 Å². The molecule has 0 aliphatic carbocycles. The molecule has 0 unspecified atom stereocenters. The maximum absolute atomic E-state index is 11.9. The van der Waals surface area contributed by atoms with E-state index in [1.54, 1.807) is 16.7 Å². The Morgan fingerprint density at radius 3 is 2.70 bits per heavy atom. The molecule has 8 heteroatoms. The van der Waals surface area contributed by atoms with Crippen molar-refractivity contribution < 1.29 is 4.79 Å². The van der Waals surface area contributed by atoms with E-state index in [-0.39, 0.29) is 12.5 Å². The van der Waals surface area contributed by atoms with E-state index < -0.39 is 0 Å². The first-order valence-corrected chi connectivity index (χ1v) is 5.92. The molecule has 100 valence electrons. The summed E-state index contributed by atoms with van der Waals surface area (Å²) < 4.78 is 1.57. The summed E-state index contributed by atoms with van der Waals surface area (Å²) in [5, 5.41) is 16.9. The quantitative estimate of drug-likeness (QED) is 0.710. The largest absolute Gasteiger partial charge is 0.345 e. The predicted octanol–water partition coefficient (Wildman–Crippen LogP) is 0.315. The molecule has 1 aromatic carbocycles. The van der Waals surface area contributed by atoms with Gasteiger partial charge in [-0.25, -0.2) is 0 Å². The Bertz CT molecular complexity index is 690. The van der Waals surface area contributed by atoms with E-state index >= 15 is 0 Å². The Morgan fingerprint density at radius 1 is 1.20 bits per heavy atom. The number of aromatic nitrogens is 6. The lowest BCUT2D eigenvalue weighted by molar-refractivity contribution is 0.0950. The highest BCUT2D eigenvalue weighted by molar-refractivity contribution is 5.93. The molecular weight excluding hydrogens is 258 g/mol. The summed E-state index contributed by atoms with van der Waals surface area (Å²) >= 11 is 0. The van der Waals surface area contributed by atoms with Crippen LogP contribution in [0, 0.1) is 0 Å². The summed E-state index contributed by atoms with van der Waals surface area (Å²) in [5.74, 6) is 0.824. The van der Waals surface area contributed by atoms with E-state index in [2.05, 4.69) is 30.7 Å². The Morgan fingerprint density at radius 2 is 1.95 bits per heavy atom. The van der Waals surface area contributed by atoms with Gasteiger partial charge in [-0.2, -0.15) is 4.98 Å². The Balaban J connectivity index is 1.63. The van der Waals surface area contributed by atoms with Gasteiger partial charge in [-0.3, -0.25) is 14.5 Å². The third-order valence-corrected chi connectivity index (χ3v) is 2.62. The minimum absolute atomic E-state index is 0.159. The molecule has 0 fully saturated rings. The maximum Gasteiger partial charge on any atom is 0.255 e. The van der Waals surface area contributed by atoms with Crippen molar-refractivity contribution in [3.05, 3.63) is 54.4 Å². The highest BCUT2D eigenvalue weighted by Gasteiger charge is 2.08. The smallest absolute Gasteiger partial charge is 0.255 e. The zero-order valence-corrected chi connectivity index (χ0v) is 10.4. The van der Waals surface area contributed by atoms with Crippen LogP contribution in [-0.4, -0.2) is 35.9 Å². The second-order valence-electron chi connectivity index (χ2n) is 4.00. The van der Waals surface area contributed by atoms with Crippen molar-refractivity contribution >= 4 is 5.91 Å². The van der Waals surface area contributed by atoms with Gasteiger partial charge in [0.25, 0.3) is 11.9 Å². The van der Waals surface area contributed by atoms with Gasteiger partial charge in [0.05, 0.1) is 6.54 Å². The summed E-state index contributed by atoms with van der Waals surface area (Å²) in [6.07, 6.45) is 2.99. The molecule has 0 aliphatic rings. The van der Waals surface area contributed by atoms with Crippen molar-refractivity contribution in [2.24, 2.45) is 0 Å². The number of carbonyl (C=O) groups excluding carboxylic acids is 1. The minimum atomic E-state index is -0.159. The van der Waals surface area contributed by atoms with E-state index in [0.29, 0.717) is 17.3 Å². The van der Waals surface area contributed by atoms with Crippen LogP contribution in [0.3, 0.4) is 0 Å². The molecule has 2 aromatic heterocycles. The van der Waals surface area contributed by atoms with Gasteiger partial charge in [0.1, 0.15) is 18.5 Å². The number of rotatable bonds is 4. The zero-order chi connectivity index (χ0) is 13.8. The molecule has 0 bridgehead atoms. The molecule has 0 radical (unpaired) electrons. The summed E-state index contributed by atoms with van der Waals surface area (Å²) in [6, 6.07) is 8.98. The van der Waals surface area contributed by atoms with Crippen LogP contribution in [0.5, 0.6) is 0 Å². The van der Waals surface area contributed by atoms with Crippen LogP contribution in [-0.2, 0) is 6.54 Å². The minimum Gasteiger partial charge on any atom is -0.345 e. The van der Waals surface area contributed by atoms with Crippen molar-refractivity contribution in [3.8, 4) is 5.95 Å². The van der Waals surface area contributed by atoms with Crippen molar-refractivity contribution in [1.29, 1.82) is 0 Å². The second kappa shape index (κ2) is 5.31. The fraction of sp³-hybridized carbons (Fsp3) is 0.0833. The van der Waals surface area contributed by atoms with Crippen LogP contribution >= 0.6 is 0 Å². The molecule has 1 amide bonds. The predicted molar refractivity (Wildman–Crippen MR) is 68.9 cm³/mol. The van der Waals surface area contributed by atoms with Gasteiger partial charge >= 0.3 is 0 Å². The van der Waals surface area contributed by atoms with Crippen molar-refractivity contribution in [2.45, 2.75) is 6.54 Å². The Labute approximate surface area is 113 Å². The molecule has 8 nitrogen and oxygen atoms in total. The fourth-order valence-electron chi connectivity index (χ4n) is 1.64. The van der Waals surface area contributed by atoms with Crippen LogP contribution in [0.4, 0.5) is 0 Å². The SMILES string of the molecule is O=C(NCc1nc(-n2cnnc2)n[nH]1)c1ccccc1. The average molecular weight is 269 g/mol. The van der Waals surface area contributed by atoms with Gasteiger partial charge in [-0.1, -0.05) is 18.2 Å². The molecule has 2 N–H and O–H groups in total. The number of amides is 1. The van der Waals surface area contributed by atoms with Crippen molar-refractivity contribution in [2.75, 3.05) is 0 Å². The molecule has 0 atom stereocenters. The maximum atomic E-state index is 11.9. The molecule has 0 spiro atoms. The summed E-state index contributed by atoms with van der Waals surface area (Å²) in [7, 11) is 0. The van der Waals surface area contributed by atoms with E-state index in [4.69, 9.17) is 0 Å². The number of H-pyrrole nitrogens is 1. The molecule has 0 saturated heterocycles. The van der Waals surface area contributed by atoms with Crippen LogP contribution in [0.25, 0.3) is 5.95 Å². The van der Waals surface area contributed by atoms with Gasteiger partial charge < -0.3 is 5.32 Å². The lowest BCUT2D eigenvalue weighted by Crippen LogP contribution is -2.23. The topological polar surface area (TPSA) is 101 Å². The van der Waals surface area contributed by atoms with Crippen LogP contribution in [0.15, 0.2) is 43.0 Å². The van der Waals surface area contributed by atoms with Crippen LogP contribution < -0.4 is 5.32 Å². The molecule has 3 rings (SSSR count). The lowest BCUT2D eigenvalue weighted by atomic mass is 10.2. The monoisotopic (exact) mass is 269 g/mol. The molecule has 2 heterocycles. The fourth-order valence-corrected chi connectivity index (χ4v) is 1.64. The van der Waals surface area contributed by atoms with Crippen molar-refractivity contribution in [1.82, 2.24) is 35.3 Å². The summed E-state index contributed by atoms with van der Waals surface area (Å²) in [5.41, 5.74) is 0.603. The number of benzene rings is 1.